The summed E-state index contributed by atoms with van der Waals surface area (Å²) in [5.41, 5.74) is 0. The third-order valence-electron chi connectivity index (χ3n) is 13.9. The van der Waals surface area contributed by atoms with Crippen molar-refractivity contribution in [1.29, 1.82) is 0 Å². The predicted molar refractivity (Wildman–Crippen MR) is 323 cm³/mol. The lowest BCUT2D eigenvalue weighted by Gasteiger charge is -2.25. The molecule has 3 atom stereocenters. The van der Waals surface area contributed by atoms with Crippen LogP contribution in [-0.4, -0.2) is 73.4 Å². The smallest absolute Gasteiger partial charge is 0.387 e. The number of aliphatic hydroxyl groups excluding tert-OH is 1. The molecule has 0 aliphatic carbocycles. The summed E-state index contributed by atoms with van der Waals surface area (Å²) in [6.45, 7) is 4.80. The average molecular weight is 1060 g/mol. The zero-order valence-electron chi connectivity index (χ0n) is 49.3. The van der Waals surface area contributed by atoms with Gasteiger partial charge in [0.25, 0.3) is 0 Å². The molecule has 0 aliphatic rings. The lowest BCUT2D eigenvalue weighted by atomic mass is 10.0. The number of nitrogens with zero attached hydrogens (tertiary/aromatic N) is 1. The van der Waals surface area contributed by atoms with Crippen LogP contribution in [0.3, 0.4) is 0 Å². The highest BCUT2D eigenvalue weighted by atomic mass is 31.2. The highest BCUT2D eigenvalue weighted by Crippen LogP contribution is 2.43. The second-order valence-corrected chi connectivity index (χ2v) is 23.9. The van der Waals surface area contributed by atoms with Gasteiger partial charge in [-0.1, -0.05) is 267 Å². The first kappa shape index (κ1) is 71.9. The number of hydrogen-bond donors (Lipinski definition) is 3. The Kier molecular flexibility index (Phi) is 54.1. The van der Waals surface area contributed by atoms with E-state index in [4.69, 9.17) is 9.05 Å². The fourth-order valence-corrected chi connectivity index (χ4v) is 9.70. The molecule has 0 fully saturated rings. The summed E-state index contributed by atoms with van der Waals surface area (Å²) in [6, 6.07) is -0.877. The third kappa shape index (κ3) is 57.6. The number of allylic oxidation sites excluding steroid dienone is 11. The van der Waals surface area contributed by atoms with Crippen LogP contribution in [0.15, 0.2) is 72.9 Å². The average Bonchev–Trinajstić information content (AvgIpc) is 3.36. The van der Waals surface area contributed by atoms with Crippen molar-refractivity contribution in [2.75, 3.05) is 40.9 Å². The summed E-state index contributed by atoms with van der Waals surface area (Å²) in [5.74, 6) is -0.195. The highest BCUT2D eigenvalue weighted by molar-refractivity contribution is 7.47. The number of nitrogens with one attached hydrogen (secondary N) is 1. The van der Waals surface area contributed by atoms with E-state index in [1.165, 1.54) is 205 Å². The number of rotatable bonds is 57. The Morgan fingerprint density at radius 3 is 1.18 bits per heavy atom. The number of aliphatic hydroxyl groups is 1. The van der Waals surface area contributed by atoms with Crippen LogP contribution in [0, 0.1) is 0 Å². The van der Waals surface area contributed by atoms with E-state index in [2.05, 4.69) is 79.9 Å². The van der Waals surface area contributed by atoms with Crippen LogP contribution < -0.4 is 5.32 Å². The monoisotopic (exact) mass is 1060 g/mol. The molecule has 0 spiro atoms. The maximum Gasteiger partial charge on any atom is 0.472 e. The molecule has 0 saturated heterocycles. The molecule has 0 aromatic carbocycles. The van der Waals surface area contributed by atoms with E-state index >= 15 is 0 Å². The normalized spacial score (nSPS) is 14.3. The van der Waals surface area contributed by atoms with Crippen molar-refractivity contribution < 1.29 is 32.9 Å². The van der Waals surface area contributed by atoms with Crippen LogP contribution in [0.25, 0.3) is 0 Å². The number of quaternary nitrogens is 1. The SMILES string of the molecule is CCCCCCC/C=C\C/C=C\C/C=C\CCCCCCCCCCCCC(=O)NC(COP(=O)(O)OCC[N+](C)(C)C)C(O)/C=C/CC/C=C/CC/C=C/CCCCCCCCCCCCCCCCCCC. The largest absolute Gasteiger partial charge is 0.472 e. The van der Waals surface area contributed by atoms with Crippen molar-refractivity contribution >= 4 is 13.7 Å². The predicted octanol–water partition coefficient (Wildman–Crippen LogP) is 19.4. The van der Waals surface area contributed by atoms with Crippen molar-refractivity contribution in [2.45, 2.75) is 296 Å². The Morgan fingerprint density at radius 2 is 0.784 bits per heavy atom. The number of unbranched alkanes of at least 4 members (excludes halogenated alkanes) is 34. The van der Waals surface area contributed by atoms with Crippen molar-refractivity contribution in [2.24, 2.45) is 0 Å². The van der Waals surface area contributed by atoms with E-state index in [9.17, 15) is 19.4 Å². The van der Waals surface area contributed by atoms with Crippen molar-refractivity contribution in [3.8, 4) is 0 Å². The molecule has 0 aromatic heterocycles. The van der Waals surface area contributed by atoms with Crippen molar-refractivity contribution in [3.63, 3.8) is 0 Å². The van der Waals surface area contributed by atoms with Crippen LogP contribution in [0.4, 0.5) is 0 Å². The molecule has 9 heteroatoms. The van der Waals surface area contributed by atoms with E-state index in [1.54, 1.807) is 6.08 Å². The van der Waals surface area contributed by atoms with Gasteiger partial charge in [0.15, 0.2) is 0 Å². The van der Waals surface area contributed by atoms with Gasteiger partial charge < -0.3 is 19.8 Å². The Balaban J connectivity index is 4.25. The summed E-state index contributed by atoms with van der Waals surface area (Å²) < 4.78 is 23.7. The molecule has 74 heavy (non-hydrogen) atoms. The number of phosphoric ester groups is 1. The Labute approximate surface area is 459 Å². The molecule has 0 saturated carbocycles. The number of likely N-dealkylation sites (N-methyl/N-ethyl adjacent to an activating group) is 1. The summed E-state index contributed by atoms with van der Waals surface area (Å²) in [4.78, 5) is 23.3. The first-order valence-electron chi connectivity index (χ1n) is 31.3. The second kappa shape index (κ2) is 55.7. The number of amides is 1. The molecular weight excluding hydrogens is 936 g/mol. The van der Waals surface area contributed by atoms with Gasteiger partial charge in [-0.3, -0.25) is 13.8 Å². The molecule has 0 aliphatic heterocycles. The maximum atomic E-state index is 13.0. The van der Waals surface area contributed by atoms with E-state index in [0.717, 1.165) is 57.8 Å². The van der Waals surface area contributed by atoms with E-state index < -0.39 is 20.0 Å². The molecule has 8 nitrogen and oxygen atoms in total. The molecular formula is C65H122N2O6P+. The van der Waals surface area contributed by atoms with Gasteiger partial charge in [-0.05, 0) is 83.5 Å². The molecule has 3 unspecified atom stereocenters. The standard InChI is InChI=1S/C65H121N2O6P/c1-6-8-10-12-14-16-18-20-22-24-26-28-30-32-33-35-36-38-40-42-44-46-48-50-52-54-56-58-64(68)63(62-73-74(70,71)72-61-60-67(3,4)5)66-65(69)59-57-55-53-51-49-47-45-43-41-39-37-34-31-29-27-25-23-21-19-17-15-13-11-9-7-2/h19,21,25,27,31,34,40,42,48,50,56,58,63-64,68H,6-18,20,22-24,26,28-30,32-33,35-39,41,43-47,49,51-55,57,59-62H2,1-5H3,(H-,66,69,70,71)/p+1/b21-19-,27-25-,34-31-,42-40+,50-48+,58-56+. The van der Waals surface area contributed by atoms with Gasteiger partial charge in [0, 0.05) is 6.42 Å². The van der Waals surface area contributed by atoms with Gasteiger partial charge in [-0.15, -0.1) is 0 Å². The highest BCUT2D eigenvalue weighted by Gasteiger charge is 2.27. The number of hydrogen-bond acceptors (Lipinski definition) is 5. The fraction of sp³-hybridized carbons (Fsp3) is 0.800. The van der Waals surface area contributed by atoms with Gasteiger partial charge >= 0.3 is 7.82 Å². The van der Waals surface area contributed by atoms with Crippen LogP contribution in [-0.2, 0) is 18.4 Å². The molecule has 432 valence electrons. The molecule has 0 rings (SSSR count). The zero-order chi connectivity index (χ0) is 54.2. The zero-order valence-corrected chi connectivity index (χ0v) is 50.2. The van der Waals surface area contributed by atoms with E-state index in [-0.39, 0.29) is 19.1 Å². The third-order valence-corrected chi connectivity index (χ3v) is 14.9. The number of carbonyl (C=O) groups excluding carboxylic acids is 1. The number of carbonyl (C=O) groups is 1. The molecule has 1 amide bonds. The Morgan fingerprint density at radius 1 is 0.459 bits per heavy atom. The maximum absolute atomic E-state index is 13.0. The first-order chi connectivity index (χ1) is 36.0. The molecule has 3 N–H and O–H groups in total. The van der Waals surface area contributed by atoms with Gasteiger partial charge in [-0.2, -0.15) is 0 Å². The lowest BCUT2D eigenvalue weighted by Crippen LogP contribution is -2.45. The Bertz CT molecular complexity index is 1430. The second-order valence-electron chi connectivity index (χ2n) is 22.4. The van der Waals surface area contributed by atoms with Crippen molar-refractivity contribution in [3.05, 3.63) is 72.9 Å². The fourth-order valence-electron chi connectivity index (χ4n) is 8.96. The minimum absolute atomic E-state index is 0.0502. The summed E-state index contributed by atoms with van der Waals surface area (Å²) in [5, 5.41) is 13.9. The van der Waals surface area contributed by atoms with Gasteiger partial charge in [0.05, 0.1) is 39.9 Å². The van der Waals surface area contributed by atoms with Gasteiger partial charge in [0.2, 0.25) is 5.91 Å². The van der Waals surface area contributed by atoms with Crippen LogP contribution in [0.5, 0.6) is 0 Å². The lowest BCUT2D eigenvalue weighted by molar-refractivity contribution is -0.870. The number of phosphoric acid groups is 1. The van der Waals surface area contributed by atoms with Crippen LogP contribution in [0.2, 0.25) is 0 Å². The summed E-state index contributed by atoms with van der Waals surface area (Å²) in [6.07, 6.45) is 77.4. The molecule has 0 heterocycles. The summed E-state index contributed by atoms with van der Waals surface area (Å²) >= 11 is 0. The van der Waals surface area contributed by atoms with E-state index in [1.807, 2.05) is 27.2 Å². The summed E-state index contributed by atoms with van der Waals surface area (Å²) in [7, 11) is 1.54. The molecule has 0 radical (unpaired) electrons. The first-order valence-corrected chi connectivity index (χ1v) is 32.8. The van der Waals surface area contributed by atoms with Gasteiger partial charge in [-0.25, -0.2) is 4.57 Å². The van der Waals surface area contributed by atoms with E-state index in [0.29, 0.717) is 17.4 Å². The minimum Gasteiger partial charge on any atom is -0.387 e. The Hall–Kier alpha value is -2.06. The van der Waals surface area contributed by atoms with Gasteiger partial charge in [0.1, 0.15) is 13.2 Å². The minimum atomic E-state index is -4.37. The van der Waals surface area contributed by atoms with Crippen LogP contribution >= 0.6 is 7.82 Å². The quantitative estimate of drug-likeness (QED) is 0.0243. The molecule has 0 bridgehead atoms. The molecule has 0 aromatic rings. The van der Waals surface area contributed by atoms with Crippen LogP contribution in [0.1, 0.15) is 284 Å². The van der Waals surface area contributed by atoms with Crippen molar-refractivity contribution in [1.82, 2.24) is 5.32 Å². The topological polar surface area (TPSA) is 105 Å².